The van der Waals surface area contributed by atoms with Gasteiger partial charge in [-0.2, -0.15) is 0 Å². The molecule has 25 heavy (non-hydrogen) atoms. The van der Waals surface area contributed by atoms with E-state index in [0.717, 1.165) is 30.6 Å². The number of carbonyl (C=O) groups is 3. The van der Waals surface area contributed by atoms with Crippen LogP contribution >= 0.6 is 0 Å². The molecule has 0 aromatic rings. The monoisotopic (exact) mass is 351 g/mol. The number of amides is 4. The summed E-state index contributed by atoms with van der Waals surface area (Å²) in [6, 6.07) is -0.423. The van der Waals surface area contributed by atoms with Gasteiger partial charge in [0.25, 0.3) is 5.91 Å². The van der Waals surface area contributed by atoms with Gasteiger partial charge in [-0.3, -0.25) is 14.5 Å². The van der Waals surface area contributed by atoms with Crippen LogP contribution in [0.15, 0.2) is 0 Å². The number of imide groups is 1. The second-order valence-corrected chi connectivity index (χ2v) is 7.73. The topological polar surface area (TPSA) is 79.0 Å². The molecule has 0 aromatic carbocycles. The van der Waals surface area contributed by atoms with Crippen LogP contribution in [-0.2, 0) is 14.3 Å². The van der Waals surface area contributed by atoms with Crippen LogP contribution in [0.2, 0.25) is 0 Å². The second-order valence-electron chi connectivity index (χ2n) is 7.73. The summed E-state index contributed by atoms with van der Waals surface area (Å²) in [6.45, 7) is 4.67. The number of nitrogens with one attached hydrogen (secondary N) is 1. The van der Waals surface area contributed by atoms with E-state index in [1.165, 1.54) is 6.42 Å². The van der Waals surface area contributed by atoms with Crippen molar-refractivity contribution in [2.45, 2.75) is 76.5 Å². The van der Waals surface area contributed by atoms with Crippen LogP contribution in [0.4, 0.5) is 4.79 Å². The molecule has 1 saturated carbocycles. The molecule has 140 valence electrons. The van der Waals surface area contributed by atoms with Gasteiger partial charge in [-0.15, -0.1) is 0 Å². The van der Waals surface area contributed by atoms with Crippen LogP contribution in [0, 0.1) is 0 Å². The predicted octanol–water partition coefficient (Wildman–Crippen LogP) is 1.66. The Kier molecular flexibility index (Phi) is 5.32. The molecule has 3 fully saturated rings. The van der Waals surface area contributed by atoms with E-state index in [1.807, 2.05) is 13.8 Å². The minimum Gasteiger partial charge on any atom is -0.372 e. The van der Waals surface area contributed by atoms with E-state index in [4.69, 9.17) is 4.74 Å². The van der Waals surface area contributed by atoms with E-state index < -0.39 is 11.6 Å². The van der Waals surface area contributed by atoms with Gasteiger partial charge in [0.1, 0.15) is 12.1 Å². The number of ether oxygens (including phenoxy) is 1. The van der Waals surface area contributed by atoms with E-state index in [2.05, 4.69) is 5.32 Å². The van der Waals surface area contributed by atoms with Crippen LogP contribution in [0.25, 0.3) is 0 Å². The number of hydrogen-bond donors (Lipinski definition) is 1. The number of morpholine rings is 1. The van der Waals surface area contributed by atoms with Gasteiger partial charge in [-0.05, 0) is 26.7 Å². The van der Waals surface area contributed by atoms with Crippen LogP contribution < -0.4 is 5.32 Å². The van der Waals surface area contributed by atoms with E-state index in [0.29, 0.717) is 25.9 Å². The molecular weight excluding hydrogens is 322 g/mol. The highest BCUT2D eigenvalue weighted by atomic mass is 16.5. The predicted molar refractivity (Wildman–Crippen MR) is 91.9 cm³/mol. The number of nitrogens with zero attached hydrogens (tertiary/aromatic N) is 2. The molecule has 3 rings (SSSR count). The summed E-state index contributed by atoms with van der Waals surface area (Å²) in [5.74, 6) is -0.407. The molecule has 1 spiro atoms. The first-order valence-electron chi connectivity index (χ1n) is 9.49. The van der Waals surface area contributed by atoms with Crippen molar-refractivity contribution in [1.29, 1.82) is 0 Å². The fourth-order valence-corrected chi connectivity index (χ4v) is 4.28. The first-order valence-corrected chi connectivity index (χ1v) is 9.49. The minimum atomic E-state index is -0.788. The third-order valence-electron chi connectivity index (χ3n) is 5.52. The number of rotatable bonds is 2. The average molecular weight is 351 g/mol. The van der Waals surface area contributed by atoms with Gasteiger partial charge in [-0.1, -0.05) is 32.1 Å². The lowest BCUT2D eigenvalue weighted by molar-refractivity contribution is -0.147. The Labute approximate surface area is 149 Å². The quantitative estimate of drug-likeness (QED) is 0.768. The van der Waals surface area contributed by atoms with Gasteiger partial charge >= 0.3 is 6.03 Å². The first kappa shape index (κ1) is 18.2. The van der Waals surface area contributed by atoms with Crippen LogP contribution in [0.3, 0.4) is 0 Å². The first-order chi connectivity index (χ1) is 11.9. The summed E-state index contributed by atoms with van der Waals surface area (Å²) in [4.78, 5) is 40.8. The van der Waals surface area contributed by atoms with Crippen molar-refractivity contribution in [3.05, 3.63) is 0 Å². The molecule has 0 bridgehead atoms. The lowest BCUT2D eigenvalue weighted by Crippen LogP contribution is -2.52. The molecule has 2 saturated heterocycles. The van der Waals surface area contributed by atoms with Gasteiger partial charge in [0.2, 0.25) is 5.91 Å². The summed E-state index contributed by atoms with van der Waals surface area (Å²) in [5.41, 5.74) is -0.788. The molecular formula is C18H29N3O4. The molecule has 2 aliphatic heterocycles. The normalized spacial score (nSPS) is 30.2. The van der Waals surface area contributed by atoms with E-state index in [9.17, 15) is 14.4 Å². The molecule has 7 heteroatoms. The third kappa shape index (κ3) is 3.81. The third-order valence-corrected chi connectivity index (χ3v) is 5.52. The molecule has 0 aromatic heterocycles. The standard InChI is InChI=1S/C18H29N3O4/c1-13-10-20(11-14(2)25-13)15(22)12-21-16(23)18(19-17(21)24)8-6-4-3-5-7-9-18/h13-14H,3-12H2,1-2H3,(H,19,24)/t13-,14+. The van der Waals surface area contributed by atoms with Gasteiger partial charge in [0.05, 0.1) is 12.2 Å². The molecule has 2 heterocycles. The lowest BCUT2D eigenvalue weighted by atomic mass is 9.84. The van der Waals surface area contributed by atoms with Crippen molar-refractivity contribution in [2.24, 2.45) is 0 Å². The summed E-state index contributed by atoms with van der Waals surface area (Å²) < 4.78 is 5.64. The minimum absolute atomic E-state index is 0.0345. The molecule has 3 aliphatic rings. The van der Waals surface area contributed by atoms with Crippen LogP contribution in [-0.4, -0.2) is 65.0 Å². The molecule has 0 unspecified atom stereocenters. The van der Waals surface area contributed by atoms with Crippen LogP contribution in [0.1, 0.15) is 58.8 Å². The Morgan fingerprint density at radius 1 is 1.08 bits per heavy atom. The highest BCUT2D eigenvalue weighted by Crippen LogP contribution is 2.32. The van der Waals surface area contributed by atoms with Gasteiger partial charge in [0.15, 0.2) is 0 Å². The zero-order valence-corrected chi connectivity index (χ0v) is 15.3. The fraction of sp³-hybridized carbons (Fsp3) is 0.833. The Morgan fingerprint density at radius 3 is 2.24 bits per heavy atom. The molecule has 7 nitrogen and oxygen atoms in total. The van der Waals surface area contributed by atoms with Crippen molar-refractivity contribution in [3.8, 4) is 0 Å². The smallest absolute Gasteiger partial charge is 0.325 e. The number of urea groups is 1. The number of carbonyl (C=O) groups excluding carboxylic acids is 3. The zero-order chi connectivity index (χ0) is 18.0. The van der Waals surface area contributed by atoms with Gasteiger partial charge in [0, 0.05) is 13.1 Å². The SMILES string of the molecule is C[C@@H]1CN(C(=O)CN2C(=O)NC3(CCCCCCC3)C2=O)C[C@H](C)O1. The summed E-state index contributed by atoms with van der Waals surface area (Å²) in [6.07, 6.45) is 6.52. The maximum atomic E-state index is 13.0. The van der Waals surface area contributed by atoms with E-state index >= 15 is 0 Å². The van der Waals surface area contributed by atoms with Crippen molar-refractivity contribution in [3.63, 3.8) is 0 Å². The van der Waals surface area contributed by atoms with Gasteiger partial charge < -0.3 is 15.0 Å². The Balaban J connectivity index is 1.67. The Bertz CT molecular complexity index is 532. The maximum absolute atomic E-state index is 13.0. The van der Waals surface area contributed by atoms with Gasteiger partial charge in [-0.25, -0.2) is 4.79 Å². The van der Waals surface area contributed by atoms with E-state index in [-0.39, 0.29) is 30.6 Å². The largest absolute Gasteiger partial charge is 0.372 e. The summed E-state index contributed by atoms with van der Waals surface area (Å²) in [7, 11) is 0. The molecule has 1 N–H and O–H groups in total. The molecule has 2 atom stereocenters. The molecule has 0 radical (unpaired) electrons. The van der Waals surface area contributed by atoms with Crippen molar-refractivity contribution >= 4 is 17.8 Å². The second kappa shape index (κ2) is 7.32. The van der Waals surface area contributed by atoms with Crippen molar-refractivity contribution in [2.75, 3.05) is 19.6 Å². The highest BCUT2D eigenvalue weighted by molar-refractivity contribution is 6.09. The summed E-state index contributed by atoms with van der Waals surface area (Å²) >= 11 is 0. The zero-order valence-electron chi connectivity index (χ0n) is 15.3. The summed E-state index contributed by atoms with van der Waals surface area (Å²) in [5, 5.41) is 2.90. The average Bonchev–Trinajstić information content (AvgIpc) is 2.75. The lowest BCUT2D eigenvalue weighted by Gasteiger charge is -2.36. The molecule has 1 aliphatic carbocycles. The maximum Gasteiger partial charge on any atom is 0.325 e. The Morgan fingerprint density at radius 2 is 1.64 bits per heavy atom. The van der Waals surface area contributed by atoms with Crippen LogP contribution in [0.5, 0.6) is 0 Å². The fourth-order valence-electron chi connectivity index (χ4n) is 4.28. The van der Waals surface area contributed by atoms with Crippen molar-refractivity contribution in [1.82, 2.24) is 15.1 Å². The number of hydrogen-bond acceptors (Lipinski definition) is 4. The molecule has 4 amide bonds. The highest BCUT2D eigenvalue weighted by Gasteiger charge is 2.51. The van der Waals surface area contributed by atoms with E-state index in [1.54, 1.807) is 4.90 Å². The van der Waals surface area contributed by atoms with Crippen molar-refractivity contribution < 1.29 is 19.1 Å². The Hall–Kier alpha value is -1.63.